The predicted molar refractivity (Wildman–Crippen MR) is 48.1 cm³/mol. The smallest absolute Gasteiger partial charge is 0.148 e. The second-order valence-corrected chi connectivity index (χ2v) is 3.83. The van der Waals surface area contributed by atoms with E-state index in [9.17, 15) is 0 Å². The van der Waals surface area contributed by atoms with Gasteiger partial charge < -0.3 is 4.98 Å². The van der Waals surface area contributed by atoms with Crippen LogP contribution in [0.4, 0.5) is 0 Å². The number of hydrogen-bond donors (Lipinski definition) is 1. The Hall–Kier alpha value is -0.830. The van der Waals surface area contributed by atoms with Crippen LogP contribution in [0.1, 0.15) is 25.5 Å². The molecule has 0 saturated carbocycles. The third-order valence-corrected chi connectivity index (χ3v) is 2.54. The van der Waals surface area contributed by atoms with Gasteiger partial charge in [-0.2, -0.15) is 0 Å². The van der Waals surface area contributed by atoms with Crippen molar-refractivity contribution < 1.29 is 0 Å². The normalized spacial score (nSPS) is 11.5. The fraction of sp³-hybridized carbons (Fsp3) is 0.375. The van der Waals surface area contributed by atoms with Crippen molar-refractivity contribution in [1.29, 1.82) is 0 Å². The lowest BCUT2D eigenvalue weighted by Gasteiger charge is -1.97. The van der Waals surface area contributed by atoms with E-state index in [1.165, 1.54) is 10.4 Å². The van der Waals surface area contributed by atoms with Gasteiger partial charge in [-0.05, 0) is 12.0 Å². The molecule has 0 aromatic carbocycles. The van der Waals surface area contributed by atoms with E-state index in [0.29, 0.717) is 5.92 Å². The average molecular weight is 166 g/mol. The molecule has 0 radical (unpaired) electrons. The zero-order valence-electron chi connectivity index (χ0n) is 6.59. The Morgan fingerprint density at radius 1 is 1.55 bits per heavy atom. The third-order valence-electron chi connectivity index (χ3n) is 1.77. The van der Waals surface area contributed by atoms with Crippen LogP contribution >= 0.6 is 11.3 Å². The van der Waals surface area contributed by atoms with Crippen LogP contribution < -0.4 is 0 Å². The van der Waals surface area contributed by atoms with Gasteiger partial charge in [-0.15, -0.1) is 11.3 Å². The van der Waals surface area contributed by atoms with Crippen LogP contribution in [0.5, 0.6) is 0 Å². The number of fused-ring (bicyclic) bond motifs is 1. The topological polar surface area (TPSA) is 28.7 Å². The maximum Gasteiger partial charge on any atom is 0.148 e. The van der Waals surface area contributed by atoms with E-state index in [4.69, 9.17) is 0 Å². The molecule has 0 spiro atoms. The minimum atomic E-state index is 0.566. The highest BCUT2D eigenvalue weighted by Crippen LogP contribution is 2.22. The second kappa shape index (κ2) is 2.34. The fourth-order valence-electron chi connectivity index (χ4n) is 1.08. The first-order valence-corrected chi connectivity index (χ1v) is 4.57. The molecule has 1 N–H and O–H groups in total. The van der Waals surface area contributed by atoms with Gasteiger partial charge in [0.05, 0.1) is 10.2 Å². The van der Waals surface area contributed by atoms with Gasteiger partial charge in [-0.25, -0.2) is 4.98 Å². The Morgan fingerprint density at radius 2 is 2.36 bits per heavy atom. The number of nitrogens with one attached hydrogen (secondary N) is 1. The van der Waals surface area contributed by atoms with Crippen molar-refractivity contribution in [2.75, 3.05) is 0 Å². The highest BCUT2D eigenvalue weighted by atomic mass is 32.1. The maximum absolute atomic E-state index is 4.18. The van der Waals surface area contributed by atoms with Gasteiger partial charge in [0, 0.05) is 5.69 Å². The van der Waals surface area contributed by atoms with Gasteiger partial charge in [0.15, 0.2) is 0 Å². The minimum Gasteiger partial charge on any atom is -0.342 e. The molecule has 0 bridgehead atoms. The monoisotopic (exact) mass is 166 g/mol. The fourth-order valence-corrected chi connectivity index (χ4v) is 1.76. The van der Waals surface area contributed by atoms with Crippen molar-refractivity contribution in [3.8, 4) is 0 Å². The summed E-state index contributed by atoms with van der Waals surface area (Å²) in [4.78, 5) is 7.46. The molecule has 2 nitrogen and oxygen atoms in total. The van der Waals surface area contributed by atoms with E-state index >= 15 is 0 Å². The van der Waals surface area contributed by atoms with Crippen LogP contribution in [-0.4, -0.2) is 9.97 Å². The Labute approximate surface area is 69.3 Å². The van der Waals surface area contributed by atoms with E-state index < -0.39 is 0 Å². The number of H-pyrrole nitrogens is 1. The summed E-state index contributed by atoms with van der Waals surface area (Å²) in [7, 11) is 0. The summed E-state index contributed by atoms with van der Waals surface area (Å²) < 4.78 is 1.26. The molecule has 0 aliphatic carbocycles. The molecule has 0 aliphatic heterocycles. The van der Waals surface area contributed by atoms with Crippen molar-refractivity contribution in [3.05, 3.63) is 17.3 Å². The molecule has 58 valence electrons. The standard InChI is InChI=1S/C8H10N2S/c1-5(2)6-3-7-8(10-6)9-4-11-7/h3-5,10H,1-2H3. The minimum absolute atomic E-state index is 0.566. The quantitative estimate of drug-likeness (QED) is 0.693. The van der Waals surface area contributed by atoms with Crippen LogP contribution in [0.3, 0.4) is 0 Å². The summed E-state index contributed by atoms with van der Waals surface area (Å²) in [5, 5.41) is 0. The van der Waals surface area contributed by atoms with Crippen molar-refractivity contribution in [3.63, 3.8) is 0 Å². The Kier molecular flexibility index (Phi) is 1.46. The first-order valence-electron chi connectivity index (χ1n) is 3.69. The van der Waals surface area contributed by atoms with E-state index in [0.717, 1.165) is 5.65 Å². The molecule has 0 amide bonds. The molecule has 2 aromatic heterocycles. The average Bonchev–Trinajstić information content (AvgIpc) is 2.40. The van der Waals surface area contributed by atoms with Gasteiger partial charge in [-0.3, -0.25) is 0 Å². The van der Waals surface area contributed by atoms with Crippen LogP contribution in [0.25, 0.3) is 10.3 Å². The Morgan fingerprint density at radius 3 is 3.00 bits per heavy atom. The Bertz CT molecular complexity index is 330. The van der Waals surface area contributed by atoms with E-state index in [2.05, 4.69) is 29.9 Å². The van der Waals surface area contributed by atoms with Crippen LogP contribution in [0.2, 0.25) is 0 Å². The van der Waals surface area contributed by atoms with Crippen LogP contribution in [0, 0.1) is 0 Å². The highest BCUT2D eigenvalue weighted by molar-refractivity contribution is 7.16. The van der Waals surface area contributed by atoms with Crippen molar-refractivity contribution >= 4 is 21.7 Å². The third kappa shape index (κ3) is 1.05. The van der Waals surface area contributed by atoms with Gasteiger partial charge in [0.25, 0.3) is 0 Å². The molecule has 3 heteroatoms. The number of hydrogen-bond acceptors (Lipinski definition) is 2. The SMILES string of the molecule is CC(C)c1cc2scnc2[nH]1. The summed E-state index contributed by atoms with van der Waals surface area (Å²) in [6.45, 7) is 4.35. The lowest BCUT2D eigenvalue weighted by Crippen LogP contribution is -1.85. The molecule has 2 heterocycles. The number of rotatable bonds is 1. The van der Waals surface area contributed by atoms with Crippen LogP contribution in [-0.2, 0) is 0 Å². The molecule has 0 saturated heterocycles. The van der Waals surface area contributed by atoms with Crippen LogP contribution in [0.15, 0.2) is 11.6 Å². The molecular formula is C8H10N2S. The van der Waals surface area contributed by atoms with E-state index in [1.54, 1.807) is 11.3 Å². The van der Waals surface area contributed by atoms with Crippen molar-refractivity contribution in [2.24, 2.45) is 0 Å². The number of aromatic nitrogens is 2. The first-order chi connectivity index (χ1) is 5.27. The lowest BCUT2D eigenvalue weighted by atomic mass is 10.1. The lowest BCUT2D eigenvalue weighted by molar-refractivity contribution is 0.835. The molecule has 0 fully saturated rings. The molecule has 11 heavy (non-hydrogen) atoms. The summed E-state index contributed by atoms with van der Waals surface area (Å²) in [6.07, 6.45) is 0. The van der Waals surface area contributed by atoms with Gasteiger partial charge in [0.1, 0.15) is 5.65 Å². The predicted octanol–water partition coefficient (Wildman–Crippen LogP) is 2.75. The zero-order chi connectivity index (χ0) is 7.84. The van der Waals surface area contributed by atoms with Gasteiger partial charge in [0.2, 0.25) is 0 Å². The van der Waals surface area contributed by atoms with E-state index in [1.807, 2.05) is 5.51 Å². The van der Waals surface area contributed by atoms with Crippen molar-refractivity contribution in [1.82, 2.24) is 9.97 Å². The number of thiazole rings is 1. The zero-order valence-corrected chi connectivity index (χ0v) is 7.40. The van der Waals surface area contributed by atoms with E-state index in [-0.39, 0.29) is 0 Å². The molecular weight excluding hydrogens is 156 g/mol. The second-order valence-electron chi connectivity index (χ2n) is 2.94. The number of nitrogens with zero attached hydrogens (tertiary/aromatic N) is 1. The summed E-state index contributed by atoms with van der Waals surface area (Å²) in [6, 6.07) is 2.18. The summed E-state index contributed by atoms with van der Waals surface area (Å²) in [5.41, 5.74) is 4.17. The maximum atomic E-state index is 4.18. The van der Waals surface area contributed by atoms with Crippen molar-refractivity contribution in [2.45, 2.75) is 19.8 Å². The Balaban J connectivity index is 2.58. The molecule has 2 aromatic rings. The molecule has 0 aliphatic rings. The first kappa shape index (κ1) is 6.85. The summed E-state index contributed by atoms with van der Waals surface area (Å²) in [5.74, 6) is 0.566. The summed E-state index contributed by atoms with van der Waals surface area (Å²) >= 11 is 1.68. The van der Waals surface area contributed by atoms with Gasteiger partial charge in [-0.1, -0.05) is 13.8 Å². The largest absolute Gasteiger partial charge is 0.342 e. The molecule has 0 atom stereocenters. The van der Waals surface area contributed by atoms with Gasteiger partial charge >= 0.3 is 0 Å². The highest BCUT2D eigenvalue weighted by Gasteiger charge is 2.04. The molecule has 0 unspecified atom stereocenters. The number of aromatic amines is 1. The molecule has 2 rings (SSSR count).